The van der Waals surface area contributed by atoms with Crippen LogP contribution >= 0.6 is 11.8 Å². The van der Waals surface area contributed by atoms with E-state index in [4.69, 9.17) is 0 Å². The number of aryl methyl sites for hydroxylation is 1. The Morgan fingerprint density at radius 3 is 2.55 bits per heavy atom. The number of thioether (sulfide) groups is 1. The molecule has 7 heteroatoms. The van der Waals surface area contributed by atoms with E-state index in [1.54, 1.807) is 30.5 Å². The molecule has 6 nitrogen and oxygen atoms in total. The summed E-state index contributed by atoms with van der Waals surface area (Å²) in [5.41, 5.74) is 2.12. The summed E-state index contributed by atoms with van der Waals surface area (Å²) in [6.07, 6.45) is 3.52. The average Bonchev–Trinajstić information content (AvgIpc) is 3.16. The van der Waals surface area contributed by atoms with Crippen LogP contribution in [0.25, 0.3) is 0 Å². The Morgan fingerprint density at radius 1 is 1.10 bits per heavy atom. The van der Waals surface area contributed by atoms with Gasteiger partial charge in [-0.2, -0.15) is 0 Å². The lowest BCUT2D eigenvalue weighted by Gasteiger charge is -2.15. The fourth-order valence-corrected chi connectivity index (χ4v) is 3.57. The molecule has 0 aliphatic carbocycles. The molecule has 0 aliphatic heterocycles. The Hall–Kier alpha value is -3.06. The first-order valence-electron chi connectivity index (χ1n) is 9.36. The van der Waals surface area contributed by atoms with Gasteiger partial charge in [-0.1, -0.05) is 61.2 Å². The molecule has 2 amide bonds. The van der Waals surface area contributed by atoms with Crippen molar-refractivity contribution in [1.82, 2.24) is 14.9 Å². The molecular weight excluding hydrogens is 384 g/mol. The van der Waals surface area contributed by atoms with Crippen molar-refractivity contribution in [3.63, 3.8) is 0 Å². The summed E-state index contributed by atoms with van der Waals surface area (Å²) in [4.78, 5) is 29.2. The zero-order valence-corrected chi connectivity index (χ0v) is 17.3. The van der Waals surface area contributed by atoms with Crippen molar-refractivity contribution < 1.29 is 9.59 Å². The molecule has 3 aromatic rings. The van der Waals surface area contributed by atoms with Crippen LogP contribution in [0.3, 0.4) is 0 Å². The molecule has 2 N–H and O–H groups in total. The lowest BCUT2D eigenvalue weighted by Crippen LogP contribution is -2.28. The Balaban J connectivity index is 1.58. The summed E-state index contributed by atoms with van der Waals surface area (Å²) >= 11 is 1.35. The van der Waals surface area contributed by atoms with Crippen LogP contribution in [-0.4, -0.2) is 33.7 Å². The van der Waals surface area contributed by atoms with Gasteiger partial charge in [-0.05, 0) is 23.6 Å². The number of rotatable bonds is 8. The molecule has 0 radical (unpaired) electrons. The molecule has 1 aromatic heterocycles. The van der Waals surface area contributed by atoms with Gasteiger partial charge in [-0.25, -0.2) is 4.98 Å². The van der Waals surface area contributed by atoms with Crippen molar-refractivity contribution in [3.8, 4) is 0 Å². The first-order chi connectivity index (χ1) is 14.0. The lowest BCUT2D eigenvalue weighted by molar-refractivity contribution is -0.113. The van der Waals surface area contributed by atoms with Gasteiger partial charge in [-0.3, -0.25) is 9.59 Å². The molecule has 0 saturated heterocycles. The zero-order chi connectivity index (χ0) is 20.6. The minimum absolute atomic E-state index is 0.184. The molecule has 3 rings (SSSR count). The Labute approximate surface area is 174 Å². The van der Waals surface area contributed by atoms with E-state index in [0.29, 0.717) is 17.8 Å². The van der Waals surface area contributed by atoms with E-state index in [2.05, 4.69) is 22.5 Å². The van der Waals surface area contributed by atoms with Gasteiger partial charge in [0.25, 0.3) is 5.91 Å². The minimum Gasteiger partial charge on any atom is -0.351 e. The van der Waals surface area contributed by atoms with Crippen molar-refractivity contribution in [1.29, 1.82) is 0 Å². The molecule has 1 atom stereocenters. The van der Waals surface area contributed by atoms with Crippen LogP contribution in [0, 0.1) is 0 Å². The zero-order valence-electron chi connectivity index (χ0n) is 16.5. The summed E-state index contributed by atoms with van der Waals surface area (Å²) < 4.78 is 1.85. The topological polar surface area (TPSA) is 76.0 Å². The minimum atomic E-state index is -0.208. The van der Waals surface area contributed by atoms with Crippen LogP contribution < -0.4 is 10.6 Å². The number of hydrogen-bond donors (Lipinski definition) is 2. The summed E-state index contributed by atoms with van der Waals surface area (Å²) in [7, 11) is 1.88. The third kappa shape index (κ3) is 5.71. The van der Waals surface area contributed by atoms with E-state index in [1.807, 2.05) is 48.1 Å². The number of para-hydroxylation sites is 1. The van der Waals surface area contributed by atoms with Crippen LogP contribution in [0.2, 0.25) is 0 Å². The van der Waals surface area contributed by atoms with E-state index in [0.717, 1.165) is 5.16 Å². The van der Waals surface area contributed by atoms with E-state index >= 15 is 0 Å². The maximum atomic E-state index is 12.7. The molecular formula is C22H24N4O2S. The number of hydrogen-bond acceptors (Lipinski definition) is 4. The van der Waals surface area contributed by atoms with Crippen LogP contribution in [0.1, 0.15) is 28.8 Å². The molecule has 0 unspecified atom stereocenters. The smallest absolute Gasteiger partial charge is 0.253 e. The van der Waals surface area contributed by atoms with Crippen LogP contribution in [-0.2, 0) is 11.8 Å². The Kier molecular flexibility index (Phi) is 7.08. The van der Waals surface area contributed by atoms with Gasteiger partial charge in [0.2, 0.25) is 5.91 Å². The number of nitrogens with zero attached hydrogens (tertiary/aromatic N) is 2. The van der Waals surface area contributed by atoms with Crippen molar-refractivity contribution >= 4 is 29.3 Å². The fraction of sp³-hybridized carbons (Fsp3) is 0.227. The summed E-state index contributed by atoms with van der Waals surface area (Å²) in [6.45, 7) is 2.58. The molecule has 0 fully saturated rings. The van der Waals surface area contributed by atoms with Gasteiger partial charge in [0.05, 0.1) is 17.0 Å². The van der Waals surface area contributed by atoms with Gasteiger partial charge in [0.15, 0.2) is 5.16 Å². The lowest BCUT2D eigenvalue weighted by atomic mass is 10.0. The van der Waals surface area contributed by atoms with Crippen molar-refractivity contribution in [2.24, 2.45) is 7.05 Å². The van der Waals surface area contributed by atoms with Crippen LogP contribution in [0.15, 0.2) is 72.1 Å². The normalized spacial score (nSPS) is 11.7. The number of amides is 2. The van der Waals surface area contributed by atoms with Crippen LogP contribution in [0.4, 0.5) is 5.69 Å². The standard InChI is InChI=1S/C22H24N4O2S/c1-16(17-8-4-3-5-9-17)14-24-21(28)18-10-6-7-11-19(18)25-20(27)15-29-22-23-12-13-26(22)2/h3-13,16H,14-15H2,1-2H3,(H,24,28)(H,25,27)/t16-/m0/s1. The Bertz CT molecular complexity index is 972. The second-order valence-corrected chi connectivity index (χ2v) is 7.67. The molecule has 1 heterocycles. The SMILES string of the molecule is C[C@@H](CNC(=O)c1ccccc1NC(=O)CSc1nccn1C)c1ccccc1. The Morgan fingerprint density at radius 2 is 1.83 bits per heavy atom. The molecule has 150 valence electrons. The van der Waals surface area contributed by atoms with Gasteiger partial charge in [0, 0.05) is 26.0 Å². The number of carbonyl (C=O) groups is 2. The second kappa shape index (κ2) is 9.93. The largest absolute Gasteiger partial charge is 0.351 e. The summed E-state index contributed by atoms with van der Waals surface area (Å²) in [5.74, 6) is 0.0127. The van der Waals surface area contributed by atoms with Crippen molar-refractivity contribution in [3.05, 3.63) is 78.1 Å². The maximum Gasteiger partial charge on any atom is 0.253 e. The highest BCUT2D eigenvalue weighted by Crippen LogP contribution is 2.19. The quantitative estimate of drug-likeness (QED) is 0.558. The number of aromatic nitrogens is 2. The number of benzene rings is 2. The van der Waals surface area contributed by atoms with Gasteiger partial charge in [-0.15, -0.1) is 0 Å². The number of imidazole rings is 1. The number of nitrogens with one attached hydrogen (secondary N) is 2. The highest BCUT2D eigenvalue weighted by Gasteiger charge is 2.15. The highest BCUT2D eigenvalue weighted by molar-refractivity contribution is 7.99. The molecule has 29 heavy (non-hydrogen) atoms. The molecule has 0 aliphatic rings. The van der Waals surface area contributed by atoms with Crippen molar-refractivity contribution in [2.75, 3.05) is 17.6 Å². The number of anilines is 1. The average molecular weight is 409 g/mol. The molecule has 2 aromatic carbocycles. The molecule has 0 spiro atoms. The second-order valence-electron chi connectivity index (χ2n) is 6.72. The summed E-state index contributed by atoms with van der Waals surface area (Å²) in [6, 6.07) is 17.1. The van der Waals surface area contributed by atoms with Crippen molar-refractivity contribution in [2.45, 2.75) is 18.0 Å². The predicted octanol–water partition coefficient (Wildman–Crippen LogP) is 3.68. The van der Waals surface area contributed by atoms with Gasteiger partial charge < -0.3 is 15.2 Å². The summed E-state index contributed by atoms with van der Waals surface area (Å²) in [5, 5.41) is 6.56. The van der Waals surface area contributed by atoms with Gasteiger partial charge >= 0.3 is 0 Å². The predicted molar refractivity (Wildman–Crippen MR) is 116 cm³/mol. The molecule has 0 saturated carbocycles. The first kappa shape index (κ1) is 20.7. The van der Waals surface area contributed by atoms with Crippen LogP contribution in [0.5, 0.6) is 0 Å². The van der Waals surface area contributed by atoms with E-state index < -0.39 is 0 Å². The fourth-order valence-electron chi connectivity index (χ4n) is 2.84. The van der Waals surface area contributed by atoms with E-state index in [1.165, 1.54) is 17.3 Å². The van der Waals surface area contributed by atoms with Gasteiger partial charge in [0.1, 0.15) is 0 Å². The third-order valence-corrected chi connectivity index (χ3v) is 5.55. The highest BCUT2D eigenvalue weighted by atomic mass is 32.2. The first-order valence-corrected chi connectivity index (χ1v) is 10.4. The number of carbonyl (C=O) groups excluding carboxylic acids is 2. The van der Waals surface area contributed by atoms with E-state index in [-0.39, 0.29) is 23.5 Å². The van der Waals surface area contributed by atoms with E-state index in [9.17, 15) is 9.59 Å². The third-order valence-electron chi connectivity index (χ3n) is 4.49. The molecule has 0 bridgehead atoms. The monoisotopic (exact) mass is 408 g/mol. The maximum absolute atomic E-state index is 12.7.